The van der Waals surface area contributed by atoms with E-state index in [4.69, 9.17) is 0 Å². The van der Waals surface area contributed by atoms with Crippen molar-refractivity contribution in [3.8, 4) is 0 Å². The number of carbonyl (C=O) groups excluding carboxylic acids is 1. The van der Waals surface area contributed by atoms with Gasteiger partial charge in [-0.25, -0.2) is 0 Å². The van der Waals surface area contributed by atoms with E-state index in [2.05, 4.69) is 41.0 Å². The number of fused-ring (bicyclic) bond motifs is 1. The molecule has 26 heavy (non-hydrogen) atoms. The van der Waals surface area contributed by atoms with E-state index < -0.39 is 0 Å². The summed E-state index contributed by atoms with van der Waals surface area (Å²) >= 11 is 1.74. The van der Waals surface area contributed by atoms with Crippen molar-refractivity contribution in [1.82, 2.24) is 10.6 Å². The molecular formula is C21H25ClN2OS. The van der Waals surface area contributed by atoms with Crippen molar-refractivity contribution in [2.24, 2.45) is 0 Å². The predicted molar refractivity (Wildman–Crippen MR) is 110 cm³/mol. The fraction of sp³-hybridized carbons (Fsp3) is 0.381. The van der Waals surface area contributed by atoms with Gasteiger partial charge in [0.1, 0.15) is 0 Å². The highest BCUT2D eigenvalue weighted by Crippen LogP contribution is 2.45. The Morgan fingerprint density at radius 3 is 2.54 bits per heavy atom. The van der Waals surface area contributed by atoms with Crippen LogP contribution in [0, 0.1) is 0 Å². The zero-order valence-corrected chi connectivity index (χ0v) is 16.4. The number of benzene rings is 2. The smallest absolute Gasteiger partial charge is 0.236 e. The maximum Gasteiger partial charge on any atom is 0.236 e. The van der Waals surface area contributed by atoms with Crippen LogP contribution in [0.25, 0.3) is 0 Å². The average Bonchev–Trinajstić information content (AvgIpc) is 3.30. The molecule has 0 radical (unpaired) electrons. The van der Waals surface area contributed by atoms with Gasteiger partial charge < -0.3 is 10.6 Å². The van der Waals surface area contributed by atoms with Gasteiger partial charge in [0.25, 0.3) is 0 Å². The molecule has 1 aliphatic heterocycles. The zero-order valence-electron chi connectivity index (χ0n) is 14.8. The summed E-state index contributed by atoms with van der Waals surface area (Å²) in [5.74, 6) is 0.192. The largest absolute Gasteiger partial charge is 0.351 e. The first-order valence-electron chi connectivity index (χ1n) is 9.09. The zero-order chi connectivity index (χ0) is 17.1. The number of nitrogens with one attached hydrogen (secondary N) is 2. The van der Waals surface area contributed by atoms with Crippen LogP contribution in [0.2, 0.25) is 0 Å². The Balaban J connectivity index is 0.00000196. The molecule has 0 saturated heterocycles. The van der Waals surface area contributed by atoms with E-state index in [1.807, 2.05) is 18.2 Å². The van der Waals surface area contributed by atoms with Crippen LogP contribution >= 0.6 is 24.2 Å². The molecule has 1 heterocycles. The molecular weight excluding hydrogens is 364 g/mol. The molecule has 2 aromatic carbocycles. The van der Waals surface area contributed by atoms with Crippen molar-refractivity contribution in [1.29, 1.82) is 0 Å². The lowest BCUT2D eigenvalue weighted by Gasteiger charge is -2.27. The van der Waals surface area contributed by atoms with Crippen molar-refractivity contribution in [3.63, 3.8) is 0 Å². The minimum atomic E-state index is -0.306. The minimum absolute atomic E-state index is 0. The number of hydrogen-bond acceptors (Lipinski definition) is 3. The maximum atomic E-state index is 13.0. The lowest BCUT2D eigenvalue weighted by atomic mass is 10.0. The molecule has 5 heteroatoms. The number of carbonyl (C=O) groups is 1. The van der Waals surface area contributed by atoms with Gasteiger partial charge in [-0.05, 0) is 41.7 Å². The second-order valence-electron chi connectivity index (χ2n) is 7.01. The van der Waals surface area contributed by atoms with Crippen LogP contribution in [0.3, 0.4) is 0 Å². The highest BCUT2D eigenvalue weighted by Gasteiger charge is 2.42. The van der Waals surface area contributed by atoms with Crippen molar-refractivity contribution < 1.29 is 4.79 Å². The van der Waals surface area contributed by atoms with Crippen LogP contribution in [0.1, 0.15) is 42.4 Å². The van der Waals surface area contributed by atoms with Gasteiger partial charge in [-0.3, -0.25) is 4.79 Å². The van der Waals surface area contributed by atoms with Crippen molar-refractivity contribution in [2.45, 2.75) is 55.0 Å². The fourth-order valence-electron chi connectivity index (χ4n) is 3.84. The molecule has 2 N–H and O–H groups in total. The quantitative estimate of drug-likeness (QED) is 0.795. The SMILES string of the molecule is Cl.O=C(NCc1ccc2c(c1)CNC2)C1(Sc2ccccc2)CCCC1. The molecule has 1 aliphatic carbocycles. The van der Waals surface area contributed by atoms with Crippen LogP contribution in [-0.4, -0.2) is 10.7 Å². The van der Waals surface area contributed by atoms with Crippen LogP contribution in [-0.2, 0) is 24.4 Å². The number of halogens is 1. The maximum absolute atomic E-state index is 13.0. The highest BCUT2D eigenvalue weighted by atomic mass is 35.5. The van der Waals surface area contributed by atoms with Gasteiger partial charge in [0, 0.05) is 24.5 Å². The van der Waals surface area contributed by atoms with Crippen molar-refractivity contribution in [3.05, 3.63) is 65.2 Å². The Kier molecular flexibility index (Phi) is 6.28. The molecule has 2 aliphatic rings. The number of hydrogen-bond donors (Lipinski definition) is 2. The van der Waals surface area contributed by atoms with Crippen LogP contribution in [0.5, 0.6) is 0 Å². The second-order valence-corrected chi connectivity index (χ2v) is 8.46. The van der Waals surface area contributed by atoms with E-state index >= 15 is 0 Å². The van der Waals surface area contributed by atoms with E-state index in [1.165, 1.54) is 21.6 Å². The Bertz CT molecular complexity index is 760. The summed E-state index contributed by atoms with van der Waals surface area (Å²) in [5.41, 5.74) is 3.93. The fourth-order valence-corrected chi connectivity index (χ4v) is 5.24. The first kappa shape index (κ1) is 19.3. The predicted octanol–water partition coefficient (Wildman–Crippen LogP) is 4.43. The van der Waals surface area contributed by atoms with Crippen LogP contribution < -0.4 is 10.6 Å². The Hall–Kier alpha value is -1.49. The van der Waals surface area contributed by atoms with Gasteiger partial charge in [-0.1, -0.05) is 49.2 Å². The summed E-state index contributed by atoms with van der Waals surface area (Å²) in [6, 6.07) is 16.9. The van der Waals surface area contributed by atoms with Crippen molar-refractivity contribution >= 4 is 30.1 Å². The molecule has 0 aromatic heterocycles. The summed E-state index contributed by atoms with van der Waals surface area (Å²) < 4.78 is -0.306. The van der Waals surface area contributed by atoms with Crippen LogP contribution in [0.15, 0.2) is 53.4 Å². The topological polar surface area (TPSA) is 41.1 Å². The van der Waals surface area contributed by atoms with Gasteiger partial charge >= 0.3 is 0 Å². The average molecular weight is 389 g/mol. The molecule has 2 aromatic rings. The Morgan fingerprint density at radius 2 is 1.77 bits per heavy atom. The minimum Gasteiger partial charge on any atom is -0.351 e. The molecule has 0 atom stereocenters. The Morgan fingerprint density at radius 1 is 1.04 bits per heavy atom. The number of thioether (sulfide) groups is 1. The van der Waals surface area contributed by atoms with E-state index in [9.17, 15) is 4.79 Å². The summed E-state index contributed by atoms with van der Waals surface area (Å²) in [7, 11) is 0. The lowest BCUT2D eigenvalue weighted by Crippen LogP contribution is -2.41. The molecule has 138 valence electrons. The highest BCUT2D eigenvalue weighted by molar-refractivity contribution is 8.01. The first-order valence-corrected chi connectivity index (χ1v) is 9.91. The molecule has 0 unspecified atom stereocenters. The second kappa shape index (κ2) is 8.47. The monoisotopic (exact) mass is 388 g/mol. The number of amides is 1. The van der Waals surface area contributed by atoms with Gasteiger partial charge in [0.15, 0.2) is 0 Å². The van der Waals surface area contributed by atoms with Crippen molar-refractivity contribution in [2.75, 3.05) is 0 Å². The first-order chi connectivity index (χ1) is 12.3. The molecule has 0 bridgehead atoms. The molecule has 4 rings (SSSR count). The van der Waals surface area contributed by atoms with Crippen LogP contribution in [0.4, 0.5) is 0 Å². The summed E-state index contributed by atoms with van der Waals surface area (Å²) in [5, 5.41) is 6.58. The molecule has 1 saturated carbocycles. The third-order valence-corrected chi connectivity index (χ3v) is 6.73. The van der Waals surface area contributed by atoms with Gasteiger partial charge in [0.2, 0.25) is 5.91 Å². The van der Waals surface area contributed by atoms with E-state index in [0.717, 1.165) is 38.8 Å². The summed E-state index contributed by atoms with van der Waals surface area (Å²) in [6.07, 6.45) is 4.20. The molecule has 1 amide bonds. The lowest BCUT2D eigenvalue weighted by molar-refractivity contribution is -0.123. The standard InChI is InChI=1S/C21H24N2OS.ClH/c24-20(23-13-16-8-9-17-14-22-15-18(17)12-16)21(10-4-5-11-21)25-19-6-2-1-3-7-19;/h1-3,6-9,12,22H,4-5,10-11,13-15H2,(H,23,24);1H. The molecule has 0 spiro atoms. The Labute approximate surface area is 165 Å². The summed E-state index contributed by atoms with van der Waals surface area (Å²) in [6.45, 7) is 2.51. The third-order valence-electron chi connectivity index (χ3n) is 5.24. The van der Waals surface area contributed by atoms with Gasteiger partial charge in [-0.15, -0.1) is 24.2 Å². The normalized spacial score (nSPS) is 17.4. The molecule has 1 fully saturated rings. The number of rotatable bonds is 5. The van der Waals surface area contributed by atoms with E-state index in [0.29, 0.717) is 6.54 Å². The van der Waals surface area contributed by atoms with E-state index in [1.54, 1.807) is 11.8 Å². The van der Waals surface area contributed by atoms with Gasteiger partial charge in [-0.2, -0.15) is 0 Å². The third kappa shape index (κ3) is 4.08. The summed E-state index contributed by atoms with van der Waals surface area (Å²) in [4.78, 5) is 14.2. The van der Waals surface area contributed by atoms with Gasteiger partial charge in [0.05, 0.1) is 4.75 Å². The molecule has 3 nitrogen and oxygen atoms in total. The van der Waals surface area contributed by atoms with E-state index in [-0.39, 0.29) is 23.1 Å².